The van der Waals surface area contributed by atoms with Crippen LogP contribution >= 0.6 is 0 Å². The monoisotopic (exact) mass is 388 g/mol. The van der Waals surface area contributed by atoms with Crippen LogP contribution in [0.4, 0.5) is 0 Å². The molecular formula is C20H20N8O. The Bertz CT molecular complexity index is 1310. The first-order valence-electron chi connectivity index (χ1n) is 9.52. The number of rotatable bonds is 4. The molecule has 1 fully saturated rings. The number of fused-ring (bicyclic) bond motifs is 1. The minimum atomic E-state index is -0.239. The highest BCUT2D eigenvalue weighted by Crippen LogP contribution is 2.46. The Labute approximate surface area is 166 Å². The molecule has 0 radical (unpaired) electrons. The first-order chi connectivity index (χ1) is 14.0. The van der Waals surface area contributed by atoms with Gasteiger partial charge in [0.05, 0.1) is 59.1 Å². The molecule has 0 aromatic carbocycles. The fourth-order valence-electron chi connectivity index (χ4n) is 4.46. The SMILES string of the molecule is CC1CC(CC#N)(n2cc(-c3nc(-c4cn(C)[nH]c4=O)cn4nccc34)cn2)C1. The van der Waals surface area contributed by atoms with Gasteiger partial charge in [-0.25, -0.2) is 9.50 Å². The van der Waals surface area contributed by atoms with Gasteiger partial charge in [0, 0.05) is 25.0 Å². The van der Waals surface area contributed by atoms with Crippen LogP contribution in [0.2, 0.25) is 0 Å². The Morgan fingerprint density at radius 2 is 2.14 bits per heavy atom. The molecular weight excluding hydrogens is 368 g/mol. The van der Waals surface area contributed by atoms with Crippen molar-refractivity contribution in [2.45, 2.75) is 31.7 Å². The molecule has 1 N–H and O–H groups in total. The normalized spacial score (nSPS) is 21.2. The van der Waals surface area contributed by atoms with E-state index in [0.717, 1.165) is 23.9 Å². The number of hydrogen-bond donors (Lipinski definition) is 1. The highest BCUT2D eigenvalue weighted by molar-refractivity contribution is 5.78. The van der Waals surface area contributed by atoms with Crippen molar-refractivity contribution in [1.82, 2.24) is 34.2 Å². The summed E-state index contributed by atoms with van der Waals surface area (Å²) in [4.78, 5) is 17.0. The molecule has 1 aliphatic carbocycles. The molecule has 0 saturated heterocycles. The van der Waals surface area contributed by atoms with Crippen LogP contribution in [-0.2, 0) is 12.6 Å². The molecule has 0 bridgehead atoms. The van der Waals surface area contributed by atoms with E-state index in [2.05, 4.69) is 28.3 Å². The Hall–Kier alpha value is -3.67. The van der Waals surface area contributed by atoms with Crippen LogP contribution < -0.4 is 5.56 Å². The molecule has 1 saturated carbocycles. The summed E-state index contributed by atoms with van der Waals surface area (Å²) >= 11 is 0. The highest BCUT2D eigenvalue weighted by atomic mass is 16.1. The molecule has 0 atom stereocenters. The van der Waals surface area contributed by atoms with Crippen molar-refractivity contribution < 1.29 is 0 Å². The molecule has 5 rings (SSSR count). The second-order valence-corrected chi connectivity index (χ2v) is 7.98. The summed E-state index contributed by atoms with van der Waals surface area (Å²) in [5.74, 6) is 0.587. The smallest absolute Gasteiger partial charge is 0.273 e. The minimum Gasteiger partial charge on any atom is -0.295 e. The van der Waals surface area contributed by atoms with Crippen LogP contribution in [0.25, 0.3) is 28.0 Å². The van der Waals surface area contributed by atoms with Crippen LogP contribution in [0.5, 0.6) is 0 Å². The first kappa shape index (κ1) is 17.4. The van der Waals surface area contributed by atoms with Crippen LogP contribution in [0.15, 0.2) is 41.8 Å². The first-order valence-corrected chi connectivity index (χ1v) is 9.52. The van der Waals surface area contributed by atoms with Crippen molar-refractivity contribution in [3.63, 3.8) is 0 Å². The van der Waals surface area contributed by atoms with Crippen LogP contribution in [0.3, 0.4) is 0 Å². The van der Waals surface area contributed by atoms with Crippen molar-refractivity contribution in [2.75, 3.05) is 0 Å². The molecule has 4 aromatic rings. The lowest BCUT2D eigenvalue weighted by atomic mass is 9.67. The number of aromatic amines is 1. The third-order valence-corrected chi connectivity index (χ3v) is 5.72. The fourth-order valence-corrected chi connectivity index (χ4v) is 4.46. The van der Waals surface area contributed by atoms with Gasteiger partial charge in [0.1, 0.15) is 0 Å². The molecule has 9 nitrogen and oxygen atoms in total. The lowest BCUT2D eigenvalue weighted by Crippen LogP contribution is -2.45. The van der Waals surface area contributed by atoms with E-state index in [1.807, 2.05) is 16.9 Å². The number of nitrogens with zero attached hydrogens (tertiary/aromatic N) is 7. The van der Waals surface area contributed by atoms with Crippen LogP contribution in [0, 0.1) is 17.2 Å². The molecule has 9 heteroatoms. The maximum Gasteiger partial charge on any atom is 0.273 e. The number of nitrogens with one attached hydrogen (secondary N) is 1. The van der Waals surface area contributed by atoms with Gasteiger partial charge in [-0.2, -0.15) is 15.5 Å². The summed E-state index contributed by atoms with van der Waals surface area (Å²) in [6.07, 6.45) is 11.2. The van der Waals surface area contributed by atoms with E-state index in [-0.39, 0.29) is 11.1 Å². The zero-order chi connectivity index (χ0) is 20.2. The van der Waals surface area contributed by atoms with Crippen LogP contribution in [0.1, 0.15) is 26.2 Å². The molecule has 1 aliphatic rings. The van der Waals surface area contributed by atoms with E-state index in [0.29, 0.717) is 29.3 Å². The second kappa shape index (κ2) is 6.17. The van der Waals surface area contributed by atoms with Gasteiger partial charge in [-0.1, -0.05) is 6.92 Å². The summed E-state index contributed by atoms with van der Waals surface area (Å²) in [6.45, 7) is 2.19. The molecule has 0 unspecified atom stereocenters. The Morgan fingerprint density at radius 3 is 2.83 bits per heavy atom. The van der Waals surface area contributed by atoms with Gasteiger partial charge in [-0.05, 0) is 24.8 Å². The highest BCUT2D eigenvalue weighted by Gasteiger charge is 2.44. The third-order valence-electron chi connectivity index (χ3n) is 5.72. The van der Waals surface area contributed by atoms with Crippen molar-refractivity contribution in [3.05, 3.63) is 47.4 Å². The number of H-pyrrole nitrogens is 1. The van der Waals surface area contributed by atoms with Gasteiger partial charge in [0.15, 0.2) is 0 Å². The van der Waals surface area contributed by atoms with Crippen LogP contribution in [-0.4, -0.2) is 34.2 Å². The largest absolute Gasteiger partial charge is 0.295 e. The fraction of sp³-hybridized carbons (Fsp3) is 0.350. The summed E-state index contributed by atoms with van der Waals surface area (Å²) in [7, 11) is 1.76. The zero-order valence-electron chi connectivity index (χ0n) is 16.2. The Balaban J connectivity index is 1.64. The summed E-state index contributed by atoms with van der Waals surface area (Å²) in [5, 5.41) is 20.9. The average Bonchev–Trinajstić information content (AvgIpc) is 3.38. The third kappa shape index (κ3) is 2.68. The van der Waals surface area contributed by atoms with Crippen molar-refractivity contribution in [2.24, 2.45) is 13.0 Å². The van der Waals surface area contributed by atoms with E-state index in [1.165, 1.54) is 0 Å². The quantitative estimate of drug-likeness (QED) is 0.577. The second-order valence-electron chi connectivity index (χ2n) is 7.98. The topological polar surface area (TPSA) is 110 Å². The van der Waals surface area contributed by atoms with Gasteiger partial charge < -0.3 is 0 Å². The molecule has 4 heterocycles. The van der Waals surface area contributed by atoms with E-state index >= 15 is 0 Å². The van der Waals surface area contributed by atoms with Gasteiger partial charge >= 0.3 is 0 Å². The van der Waals surface area contributed by atoms with Gasteiger partial charge in [0.25, 0.3) is 5.56 Å². The van der Waals surface area contributed by atoms with Gasteiger partial charge in [-0.15, -0.1) is 0 Å². The number of aryl methyl sites for hydroxylation is 1. The number of hydrogen-bond acceptors (Lipinski definition) is 5. The predicted molar refractivity (Wildman–Crippen MR) is 106 cm³/mol. The lowest BCUT2D eigenvalue weighted by Gasteiger charge is -2.45. The van der Waals surface area contributed by atoms with E-state index in [1.54, 1.807) is 41.0 Å². The standard InChI is InChI=1S/C20H20N8O/c1-13-7-20(8-13,4-5-21)28-10-14(9-23-28)18-17-3-6-22-27(17)12-16(24-18)15-11-26(2)25-19(15)29/h3,6,9-13H,4,7-8H2,1-2H3,(H,25,29). The van der Waals surface area contributed by atoms with Gasteiger partial charge in [0.2, 0.25) is 0 Å². The summed E-state index contributed by atoms with van der Waals surface area (Å²) in [6, 6.07) is 4.20. The molecule has 0 spiro atoms. The van der Waals surface area contributed by atoms with E-state index < -0.39 is 0 Å². The van der Waals surface area contributed by atoms with Crippen molar-refractivity contribution in [1.29, 1.82) is 5.26 Å². The van der Waals surface area contributed by atoms with Gasteiger partial charge in [-0.3, -0.25) is 19.3 Å². The molecule has 4 aromatic heterocycles. The molecule has 29 heavy (non-hydrogen) atoms. The Kier molecular flexibility index (Phi) is 3.71. The van der Waals surface area contributed by atoms with Crippen molar-refractivity contribution in [3.8, 4) is 28.6 Å². The maximum absolute atomic E-state index is 12.3. The predicted octanol–water partition coefficient (Wildman–Crippen LogP) is 2.33. The van der Waals surface area contributed by atoms with Crippen molar-refractivity contribution >= 4 is 5.52 Å². The lowest BCUT2D eigenvalue weighted by molar-refractivity contribution is 0.0682. The average molecular weight is 388 g/mol. The number of nitriles is 1. The zero-order valence-corrected chi connectivity index (χ0v) is 16.2. The minimum absolute atomic E-state index is 0.204. The number of aromatic nitrogens is 7. The molecule has 0 amide bonds. The van der Waals surface area contributed by atoms with E-state index in [9.17, 15) is 10.1 Å². The Morgan fingerprint density at radius 1 is 1.31 bits per heavy atom. The molecule has 0 aliphatic heterocycles. The molecule has 146 valence electrons. The maximum atomic E-state index is 12.3. The summed E-state index contributed by atoms with van der Waals surface area (Å²) in [5.41, 5.74) is 2.94. The summed E-state index contributed by atoms with van der Waals surface area (Å²) < 4.78 is 5.24. The van der Waals surface area contributed by atoms with E-state index in [4.69, 9.17) is 4.98 Å².